The zero-order valence-corrected chi connectivity index (χ0v) is 12.7. The molecule has 1 aromatic carbocycles. The predicted octanol–water partition coefficient (Wildman–Crippen LogP) is 3.17. The average Bonchev–Trinajstić information content (AvgIpc) is 2.45. The summed E-state index contributed by atoms with van der Waals surface area (Å²) in [6, 6.07) is 10.0. The number of rotatable bonds is 11. The third-order valence-electron chi connectivity index (χ3n) is 2.14. The summed E-state index contributed by atoms with van der Waals surface area (Å²) in [6.45, 7) is 1.75. The summed E-state index contributed by atoms with van der Waals surface area (Å²) in [4.78, 5) is 10.0. The van der Waals surface area contributed by atoms with Crippen LogP contribution in [0.15, 0.2) is 35.5 Å². The van der Waals surface area contributed by atoms with Crippen molar-refractivity contribution in [2.45, 2.75) is 6.54 Å². The molecule has 7 heteroatoms. The quantitative estimate of drug-likeness (QED) is 0.386. The standard InChI is InChI=1S/C12H19N2O3PS/c1-19-10-9-17-18(16-8-7-13-15)14-11-12-5-3-2-4-6-12/h2-6,14H,7-11H2,1H3. The van der Waals surface area contributed by atoms with E-state index >= 15 is 0 Å². The van der Waals surface area contributed by atoms with Gasteiger partial charge in [0, 0.05) is 12.3 Å². The van der Waals surface area contributed by atoms with E-state index in [0.717, 1.165) is 5.75 Å². The summed E-state index contributed by atoms with van der Waals surface area (Å²) < 4.78 is 11.1. The maximum absolute atomic E-state index is 10.0. The van der Waals surface area contributed by atoms with Gasteiger partial charge in [0.25, 0.3) is 8.53 Å². The fourth-order valence-electron chi connectivity index (χ4n) is 1.24. The predicted molar refractivity (Wildman–Crippen MR) is 81.1 cm³/mol. The van der Waals surface area contributed by atoms with E-state index in [2.05, 4.69) is 10.3 Å². The van der Waals surface area contributed by atoms with Gasteiger partial charge in [0.2, 0.25) is 0 Å². The van der Waals surface area contributed by atoms with Gasteiger partial charge in [-0.05, 0) is 11.8 Å². The Kier molecular flexibility index (Phi) is 9.85. The van der Waals surface area contributed by atoms with Crippen molar-refractivity contribution in [3.63, 3.8) is 0 Å². The molecule has 1 rings (SSSR count). The normalized spacial score (nSPS) is 12.3. The van der Waals surface area contributed by atoms with Crippen LogP contribution in [0, 0.1) is 4.91 Å². The van der Waals surface area contributed by atoms with E-state index in [0.29, 0.717) is 13.2 Å². The van der Waals surface area contributed by atoms with Gasteiger partial charge in [0.1, 0.15) is 6.54 Å². The van der Waals surface area contributed by atoms with Gasteiger partial charge in [0.05, 0.1) is 13.2 Å². The van der Waals surface area contributed by atoms with Crippen LogP contribution in [-0.4, -0.2) is 31.8 Å². The van der Waals surface area contributed by atoms with Gasteiger partial charge >= 0.3 is 0 Å². The molecule has 0 amide bonds. The van der Waals surface area contributed by atoms with Crippen LogP contribution in [0.1, 0.15) is 5.56 Å². The molecule has 19 heavy (non-hydrogen) atoms. The summed E-state index contributed by atoms with van der Waals surface area (Å²) in [6.07, 6.45) is 2.03. The smallest absolute Gasteiger partial charge is 0.256 e. The van der Waals surface area contributed by atoms with Crippen LogP contribution in [0.5, 0.6) is 0 Å². The molecule has 5 nitrogen and oxygen atoms in total. The molecule has 0 saturated heterocycles. The molecule has 1 unspecified atom stereocenters. The Bertz CT molecular complexity index is 343. The van der Waals surface area contributed by atoms with Gasteiger partial charge < -0.3 is 9.05 Å². The summed E-state index contributed by atoms with van der Waals surface area (Å²) in [7, 11) is -1.17. The van der Waals surface area contributed by atoms with Gasteiger partial charge in [-0.3, -0.25) is 0 Å². The van der Waals surface area contributed by atoms with Crippen LogP contribution in [0.2, 0.25) is 0 Å². The van der Waals surface area contributed by atoms with Crippen LogP contribution in [0.3, 0.4) is 0 Å². The number of thioether (sulfide) groups is 1. The van der Waals surface area contributed by atoms with Crippen molar-refractivity contribution in [1.82, 2.24) is 5.09 Å². The molecule has 106 valence electrons. The molecule has 0 heterocycles. The van der Waals surface area contributed by atoms with E-state index < -0.39 is 8.53 Å². The number of benzene rings is 1. The molecular formula is C12H19N2O3PS. The van der Waals surface area contributed by atoms with Gasteiger partial charge in [0.15, 0.2) is 0 Å². The summed E-state index contributed by atoms with van der Waals surface area (Å²) in [5.41, 5.74) is 1.17. The topological polar surface area (TPSA) is 59.9 Å². The molecule has 0 spiro atoms. The van der Waals surface area contributed by atoms with Gasteiger partial charge in [-0.2, -0.15) is 16.7 Å². The highest BCUT2D eigenvalue weighted by Gasteiger charge is 2.10. The van der Waals surface area contributed by atoms with E-state index in [9.17, 15) is 4.91 Å². The van der Waals surface area contributed by atoms with Crippen LogP contribution < -0.4 is 5.09 Å². The average molecular weight is 302 g/mol. The molecular weight excluding hydrogens is 283 g/mol. The summed E-state index contributed by atoms with van der Waals surface area (Å²) in [5.74, 6) is 0.918. The van der Waals surface area contributed by atoms with Crippen molar-refractivity contribution in [1.29, 1.82) is 0 Å². The Balaban J connectivity index is 2.32. The second-order valence-corrected chi connectivity index (χ2v) is 5.92. The first-order valence-corrected chi connectivity index (χ1v) is 8.55. The number of hydrogen-bond donors (Lipinski definition) is 1. The largest absolute Gasteiger partial charge is 0.321 e. The number of nitrogens with one attached hydrogen (secondary N) is 1. The van der Waals surface area contributed by atoms with Crippen LogP contribution in [-0.2, 0) is 15.6 Å². The van der Waals surface area contributed by atoms with Crippen molar-refractivity contribution in [3.05, 3.63) is 40.8 Å². The molecule has 1 atom stereocenters. The Morgan fingerprint density at radius 3 is 2.68 bits per heavy atom. The SMILES string of the molecule is CSCCOP(NCc1ccccc1)OCCN=O. The molecule has 0 saturated carbocycles. The minimum atomic E-state index is -1.17. The van der Waals surface area contributed by atoms with E-state index in [1.165, 1.54) is 5.56 Å². The Morgan fingerprint density at radius 2 is 2.00 bits per heavy atom. The van der Waals surface area contributed by atoms with Crippen LogP contribution in [0.25, 0.3) is 0 Å². The van der Waals surface area contributed by atoms with Gasteiger partial charge in [-0.15, -0.1) is 0 Å². The molecule has 1 N–H and O–H groups in total. The van der Waals surface area contributed by atoms with Crippen molar-refractivity contribution in [2.24, 2.45) is 5.18 Å². The first kappa shape index (κ1) is 16.5. The first-order chi connectivity index (χ1) is 9.36. The van der Waals surface area contributed by atoms with Crippen LogP contribution in [0.4, 0.5) is 0 Å². The molecule has 0 aliphatic heterocycles. The fraction of sp³-hybridized carbons (Fsp3) is 0.500. The second-order valence-electron chi connectivity index (χ2n) is 3.59. The lowest BCUT2D eigenvalue weighted by Crippen LogP contribution is -2.13. The van der Waals surface area contributed by atoms with Crippen molar-refractivity contribution in [2.75, 3.05) is 31.8 Å². The van der Waals surface area contributed by atoms with E-state index in [1.807, 2.05) is 36.6 Å². The monoisotopic (exact) mass is 302 g/mol. The zero-order valence-electron chi connectivity index (χ0n) is 10.9. The maximum Gasteiger partial charge on any atom is 0.256 e. The lowest BCUT2D eigenvalue weighted by molar-refractivity contribution is 0.257. The highest BCUT2D eigenvalue weighted by Crippen LogP contribution is 2.33. The zero-order chi connectivity index (χ0) is 13.8. The third kappa shape index (κ3) is 8.29. The van der Waals surface area contributed by atoms with Gasteiger partial charge in [-0.25, -0.2) is 5.09 Å². The van der Waals surface area contributed by atoms with E-state index in [-0.39, 0.29) is 13.2 Å². The molecule has 0 radical (unpaired) electrons. The van der Waals surface area contributed by atoms with E-state index in [4.69, 9.17) is 9.05 Å². The Morgan fingerprint density at radius 1 is 1.26 bits per heavy atom. The molecule has 0 aliphatic rings. The van der Waals surface area contributed by atoms with Crippen LogP contribution >= 0.6 is 20.3 Å². The molecule has 0 aromatic heterocycles. The summed E-state index contributed by atoms with van der Waals surface area (Å²) in [5, 5.41) is 5.99. The second kappa shape index (κ2) is 11.3. The fourth-order valence-corrected chi connectivity index (χ4v) is 2.69. The van der Waals surface area contributed by atoms with Crippen molar-refractivity contribution in [3.8, 4) is 0 Å². The lowest BCUT2D eigenvalue weighted by Gasteiger charge is -2.17. The molecule has 0 aliphatic carbocycles. The minimum absolute atomic E-state index is 0.151. The Hall–Kier alpha value is -0.520. The molecule has 0 bridgehead atoms. The molecule has 0 fully saturated rings. The number of nitrogens with zero attached hydrogens (tertiary/aromatic N) is 1. The number of hydrogen-bond acceptors (Lipinski definition) is 6. The number of nitroso groups, excluding NO2 is 1. The highest BCUT2D eigenvalue weighted by atomic mass is 32.2. The first-order valence-electron chi connectivity index (χ1n) is 5.98. The third-order valence-corrected chi connectivity index (χ3v) is 3.97. The highest BCUT2D eigenvalue weighted by molar-refractivity contribution is 7.98. The lowest BCUT2D eigenvalue weighted by atomic mass is 10.2. The van der Waals surface area contributed by atoms with Gasteiger partial charge in [-0.1, -0.05) is 35.5 Å². The minimum Gasteiger partial charge on any atom is -0.321 e. The molecule has 1 aromatic rings. The van der Waals surface area contributed by atoms with Crippen molar-refractivity contribution < 1.29 is 9.05 Å². The Labute approximate surface area is 119 Å². The van der Waals surface area contributed by atoms with E-state index in [1.54, 1.807) is 11.8 Å². The maximum atomic E-state index is 10.0. The van der Waals surface area contributed by atoms with Crippen molar-refractivity contribution >= 4 is 20.3 Å². The summed E-state index contributed by atoms with van der Waals surface area (Å²) >= 11 is 1.72.